The van der Waals surface area contributed by atoms with E-state index in [1.54, 1.807) is 12.2 Å². The maximum Gasteiger partial charge on any atom is 0.115 e. The van der Waals surface area contributed by atoms with Crippen molar-refractivity contribution in [3.05, 3.63) is 144 Å². The average Bonchev–Trinajstić information content (AvgIpc) is 1.71. The minimum atomic E-state index is 0.321. The predicted octanol–water partition coefficient (Wildman–Crippen LogP) is 5.17. The molecule has 0 radical (unpaired) electrons. The van der Waals surface area contributed by atoms with Gasteiger partial charge in [-0.2, -0.15) is 0 Å². The monoisotopic (exact) mass is 1310 g/mol. The Morgan fingerprint density at radius 3 is 0.564 bits per heavy atom. The van der Waals surface area contributed by atoms with Gasteiger partial charge in [0.25, 0.3) is 0 Å². The molecule has 24 nitrogen and oxygen atoms in total. The Hall–Kier alpha value is -6.04. The van der Waals surface area contributed by atoms with Crippen LogP contribution in [0.1, 0.15) is 45.6 Å². The molecule has 0 atom stereocenters. The minimum Gasteiger partial charge on any atom is -0.377 e. The van der Waals surface area contributed by atoms with Crippen LogP contribution in [0.5, 0.6) is 0 Å². The van der Waals surface area contributed by atoms with Crippen molar-refractivity contribution < 1.29 is 94.7 Å². The molecule has 0 aromatic carbocycles. The number of rotatable bonds is 62. The van der Waals surface area contributed by atoms with Gasteiger partial charge in [0, 0.05) is 0 Å². The van der Waals surface area contributed by atoms with E-state index < -0.39 is 0 Å². The predicted molar refractivity (Wildman–Crippen MR) is 349 cm³/mol. The van der Waals surface area contributed by atoms with Crippen LogP contribution in [0.15, 0.2) is 98.1 Å². The summed E-state index contributed by atoms with van der Waals surface area (Å²) in [4.78, 5) is 18.5. The maximum absolute atomic E-state index is 5.78. The van der Waals surface area contributed by atoms with E-state index >= 15 is 0 Å². The van der Waals surface area contributed by atoms with E-state index in [4.69, 9.17) is 94.7 Å². The second kappa shape index (κ2) is 61.8. The first-order chi connectivity index (χ1) is 46.7. The van der Waals surface area contributed by atoms with Crippen molar-refractivity contribution in [2.24, 2.45) is 0 Å². The first-order valence-corrected chi connectivity index (χ1v) is 31.9. The third-order valence-corrected chi connectivity index (χ3v) is 11.7. The SMILES string of the molecule is C=CCOCCOCCOCCOCCOCCOCCOCCOCCOCCOCc1cccc(C#Cc2cccc(C#Cc3cccc(C#Cc4cccc(COCCOCCOCCOCCOCCOCCOCCOCCOCCOCC=C)n4)n3)n2)n1. The first-order valence-electron chi connectivity index (χ1n) is 31.9. The highest BCUT2D eigenvalue weighted by Gasteiger charge is 2.03. The fraction of sp³-hybridized carbons (Fsp3) is 0.571. The Morgan fingerprint density at radius 2 is 0.372 bits per heavy atom. The lowest BCUT2D eigenvalue weighted by atomic mass is 10.2. The Bertz CT molecular complexity index is 2500. The number of hydrogen-bond acceptors (Lipinski definition) is 24. The van der Waals surface area contributed by atoms with Gasteiger partial charge in [-0.1, -0.05) is 36.4 Å². The van der Waals surface area contributed by atoms with Gasteiger partial charge in [-0.05, 0) is 84.1 Å². The van der Waals surface area contributed by atoms with E-state index in [2.05, 4.69) is 68.6 Å². The van der Waals surface area contributed by atoms with Crippen molar-refractivity contribution in [1.29, 1.82) is 0 Å². The second-order valence-electron chi connectivity index (χ2n) is 19.2. The molecule has 0 fully saturated rings. The second-order valence-corrected chi connectivity index (χ2v) is 19.2. The fourth-order valence-electron chi connectivity index (χ4n) is 7.23. The van der Waals surface area contributed by atoms with Crippen LogP contribution < -0.4 is 0 Å². The lowest BCUT2D eigenvalue weighted by Gasteiger charge is -2.09. The van der Waals surface area contributed by atoms with Crippen LogP contribution in [0, 0.1) is 35.5 Å². The lowest BCUT2D eigenvalue weighted by molar-refractivity contribution is -0.0264. The molecular weight excluding hydrogens is 1220 g/mol. The van der Waals surface area contributed by atoms with Gasteiger partial charge < -0.3 is 94.7 Å². The van der Waals surface area contributed by atoms with Crippen molar-refractivity contribution in [3.8, 4) is 35.5 Å². The summed E-state index contributed by atoms with van der Waals surface area (Å²) in [6.45, 7) is 26.3. The zero-order chi connectivity index (χ0) is 66.0. The van der Waals surface area contributed by atoms with Crippen LogP contribution in [-0.2, 0) is 108 Å². The standard InChI is InChI=1S/C70H98N4O20/c1-3-23-75-25-27-77-29-31-79-33-35-81-37-39-83-41-43-85-45-47-87-49-51-89-53-55-91-57-59-93-61-69-15-7-13-67(73-69)21-19-65-11-5-9-63(71-65)17-18-64-10-6-12-66(72-64)20-22-68-14-8-16-70(74-68)62-94-60-58-92-56-54-90-52-50-88-48-46-86-44-42-84-40-38-82-36-34-80-32-30-78-28-26-76-24-4-2/h3-16H,1-2,23-62H2. The molecule has 0 spiro atoms. The zero-order valence-electron chi connectivity index (χ0n) is 54.7. The highest BCUT2D eigenvalue weighted by molar-refractivity contribution is 5.43. The number of pyridine rings is 4. The van der Waals surface area contributed by atoms with E-state index in [0.29, 0.717) is 298 Å². The molecule has 4 aromatic heterocycles. The minimum absolute atomic E-state index is 0.321. The summed E-state index contributed by atoms with van der Waals surface area (Å²) in [6.07, 6.45) is 3.42. The summed E-state index contributed by atoms with van der Waals surface area (Å²) < 4.78 is 110. The highest BCUT2D eigenvalue weighted by atomic mass is 16.6. The van der Waals surface area contributed by atoms with Crippen molar-refractivity contribution in [1.82, 2.24) is 19.9 Å². The number of nitrogens with zero attached hydrogens (tertiary/aromatic N) is 4. The normalized spacial score (nSPS) is 11.0. The molecule has 0 N–H and O–H groups in total. The van der Waals surface area contributed by atoms with E-state index in [1.165, 1.54) is 0 Å². The van der Waals surface area contributed by atoms with Gasteiger partial charge in [0.2, 0.25) is 0 Å². The Balaban J connectivity index is 0.932. The van der Waals surface area contributed by atoms with Crippen LogP contribution in [-0.4, -0.2) is 271 Å². The number of aromatic nitrogens is 4. The van der Waals surface area contributed by atoms with E-state index in [1.807, 2.05) is 72.8 Å². The molecule has 4 heterocycles. The van der Waals surface area contributed by atoms with Gasteiger partial charge in [-0.15, -0.1) is 13.2 Å². The molecule has 0 aliphatic heterocycles. The van der Waals surface area contributed by atoms with Crippen molar-refractivity contribution in [2.45, 2.75) is 13.2 Å². The molecule has 518 valence electrons. The average molecular weight is 1320 g/mol. The highest BCUT2D eigenvalue weighted by Crippen LogP contribution is 2.05. The molecule has 0 saturated heterocycles. The summed E-state index contributed by atoms with van der Waals surface area (Å²) in [7, 11) is 0. The third kappa shape index (κ3) is 48.6. The van der Waals surface area contributed by atoms with Crippen LogP contribution in [0.25, 0.3) is 0 Å². The Morgan fingerprint density at radius 1 is 0.213 bits per heavy atom. The molecule has 24 heteroatoms. The van der Waals surface area contributed by atoms with Crippen LogP contribution in [0.2, 0.25) is 0 Å². The van der Waals surface area contributed by atoms with Gasteiger partial charge >= 0.3 is 0 Å². The smallest absolute Gasteiger partial charge is 0.115 e. The molecule has 0 aliphatic carbocycles. The van der Waals surface area contributed by atoms with Crippen molar-refractivity contribution in [3.63, 3.8) is 0 Å². The molecular formula is C70H98N4O20. The first kappa shape index (κ1) is 80.4. The van der Waals surface area contributed by atoms with E-state index in [-0.39, 0.29) is 0 Å². The topological polar surface area (TPSA) is 236 Å². The van der Waals surface area contributed by atoms with E-state index in [0.717, 1.165) is 11.4 Å². The summed E-state index contributed by atoms with van der Waals surface area (Å²) in [6, 6.07) is 22.3. The van der Waals surface area contributed by atoms with Crippen molar-refractivity contribution >= 4 is 0 Å². The summed E-state index contributed by atoms with van der Waals surface area (Å²) in [5.74, 6) is 18.6. The Labute approximate surface area is 556 Å². The molecule has 0 aliphatic rings. The van der Waals surface area contributed by atoms with Gasteiger partial charge in [0.05, 0.1) is 276 Å². The van der Waals surface area contributed by atoms with E-state index in [9.17, 15) is 0 Å². The fourth-order valence-corrected chi connectivity index (χ4v) is 7.23. The molecule has 0 unspecified atom stereocenters. The lowest BCUT2D eigenvalue weighted by Crippen LogP contribution is -2.15. The van der Waals surface area contributed by atoms with Crippen LogP contribution in [0.4, 0.5) is 0 Å². The largest absolute Gasteiger partial charge is 0.377 e. The molecule has 0 saturated carbocycles. The van der Waals surface area contributed by atoms with Gasteiger partial charge in [0.1, 0.15) is 34.2 Å². The summed E-state index contributed by atoms with van der Waals surface area (Å²) in [5, 5.41) is 0. The van der Waals surface area contributed by atoms with Crippen LogP contribution >= 0.6 is 0 Å². The van der Waals surface area contributed by atoms with Gasteiger partial charge in [-0.25, -0.2) is 19.9 Å². The van der Waals surface area contributed by atoms with Crippen LogP contribution in [0.3, 0.4) is 0 Å². The van der Waals surface area contributed by atoms with Gasteiger partial charge in [0.15, 0.2) is 0 Å². The van der Waals surface area contributed by atoms with Gasteiger partial charge in [-0.3, -0.25) is 0 Å². The Kier molecular flexibility index (Phi) is 52.9. The molecule has 94 heavy (non-hydrogen) atoms. The number of hydrogen-bond donors (Lipinski definition) is 0. The maximum atomic E-state index is 5.78. The molecule has 4 aromatic rings. The zero-order valence-corrected chi connectivity index (χ0v) is 54.7. The van der Waals surface area contributed by atoms with Crippen molar-refractivity contribution in [2.75, 3.05) is 251 Å². The molecule has 0 amide bonds. The summed E-state index contributed by atoms with van der Waals surface area (Å²) in [5.41, 5.74) is 4.91. The third-order valence-electron chi connectivity index (χ3n) is 11.7. The summed E-state index contributed by atoms with van der Waals surface area (Å²) >= 11 is 0. The molecule has 4 rings (SSSR count). The molecule has 0 bridgehead atoms. The quantitative estimate of drug-likeness (QED) is 0.0315. The number of ether oxygens (including phenoxy) is 20.